The summed E-state index contributed by atoms with van der Waals surface area (Å²) < 4.78 is 0. The molecule has 0 radical (unpaired) electrons. The molecule has 3 heteroatoms. The first kappa shape index (κ1) is 13.7. The van der Waals surface area contributed by atoms with E-state index in [1.807, 2.05) is 0 Å². The average Bonchev–Trinajstić information content (AvgIpc) is 2.23. The molecule has 0 aliphatic carbocycles. The van der Waals surface area contributed by atoms with Crippen molar-refractivity contribution in [3.63, 3.8) is 0 Å². The van der Waals surface area contributed by atoms with Crippen molar-refractivity contribution < 1.29 is 0 Å². The molecule has 94 valence electrons. The molecule has 3 N–H and O–H groups in total. The number of hydrogen-bond acceptors (Lipinski definition) is 2. The predicted octanol–water partition coefficient (Wildman–Crippen LogP) is 2.59. The first-order chi connectivity index (χ1) is 7.90. The van der Waals surface area contributed by atoms with Crippen LogP contribution in [-0.4, -0.2) is 11.4 Å². The van der Waals surface area contributed by atoms with Crippen LogP contribution in [-0.2, 0) is 6.42 Å². The highest BCUT2D eigenvalue weighted by atomic mass is 15.3. The summed E-state index contributed by atoms with van der Waals surface area (Å²) in [5.74, 6) is 6.35. The van der Waals surface area contributed by atoms with E-state index in [1.165, 1.54) is 11.1 Å². The third-order valence-electron chi connectivity index (χ3n) is 2.37. The number of aryl methyl sites for hydroxylation is 2. The topological polar surface area (TPSA) is 50.4 Å². The van der Waals surface area contributed by atoms with Crippen molar-refractivity contribution in [2.45, 2.75) is 46.1 Å². The second-order valence-electron chi connectivity index (χ2n) is 5.36. The number of nitrogens with one attached hydrogen (secondary N) is 1. The van der Waals surface area contributed by atoms with Crippen molar-refractivity contribution >= 4 is 5.84 Å². The first-order valence-corrected chi connectivity index (χ1v) is 6.01. The monoisotopic (exact) mass is 233 g/mol. The largest absolute Gasteiger partial charge is 0.312 e. The van der Waals surface area contributed by atoms with Crippen LogP contribution in [0, 0.1) is 6.92 Å². The van der Waals surface area contributed by atoms with Gasteiger partial charge < -0.3 is 5.43 Å². The molecule has 1 rings (SSSR count). The Balaban J connectivity index is 2.63. The Kier molecular flexibility index (Phi) is 4.70. The fraction of sp³-hybridized carbons (Fsp3) is 0.500. The molecule has 0 spiro atoms. The number of nitrogens with zero attached hydrogens (tertiary/aromatic N) is 1. The van der Waals surface area contributed by atoms with E-state index in [-0.39, 0.29) is 5.54 Å². The number of amidine groups is 1. The molecule has 3 nitrogen and oxygen atoms in total. The molecule has 0 atom stereocenters. The Labute approximate surface area is 104 Å². The quantitative estimate of drug-likeness (QED) is 0.365. The van der Waals surface area contributed by atoms with Gasteiger partial charge in [-0.15, -0.1) is 0 Å². The summed E-state index contributed by atoms with van der Waals surface area (Å²) in [6, 6.07) is 8.53. The minimum atomic E-state index is -0.0890. The fourth-order valence-corrected chi connectivity index (χ4v) is 1.70. The Morgan fingerprint density at radius 3 is 2.59 bits per heavy atom. The molecule has 17 heavy (non-hydrogen) atoms. The molecular weight excluding hydrogens is 210 g/mol. The van der Waals surface area contributed by atoms with Crippen LogP contribution >= 0.6 is 0 Å². The van der Waals surface area contributed by atoms with Gasteiger partial charge in [0.1, 0.15) is 5.84 Å². The van der Waals surface area contributed by atoms with Crippen LogP contribution < -0.4 is 11.3 Å². The Morgan fingerprint density at radius 1 is 1.35 bits per heavy atom. The summed E-state index contributed by atoms with van der Waals surface area (Å²) in [6.45, 7) is 8.31. The first-order valence-electron chi connectivity index (χ1n) is 6.01. The summed E-state index contributed by atoms with van der Waals surface area (Å²) in [4.78, 5) is 4.55. The van der Waals surface area contributed by atoms with Crippen LogP contribution in [0.5, 0.6) is 0 Å². The average molecular weight is 233 g/mol. The van der Waals surface area contributed by atoms with E-state index in [0.717, 1.165) is 18.7 Å². The highest BCUT2D eigenvalue weighted by Crippen LogP contribution is 2.10. The smallest absolute Gasteiger partial charge is 0.111 e. The van der Waals surface area contributed by atoms with Crippen molar-refractivity contribution in [2.24, 2.45) is 10.8 Å². The van der Waals surface area contributed by atoms with E-state index in [2.05, 4.69) is 62.4 Å². The third-order valence-corrected chi connectivity index (χ3v) is 2.37. The number of hydrogen-bond donors (Lipinski definition) is 2. The van der Waals surface area contributed by atoms with Gasteiger partial charge in [0.2, 0.25) is 0 Å². The molecular formula is C14H23N3. The van der Waals surface area contributed by atoms with Gasteiger partial charge in [-0.3, -0.25) is 4.99 Å². The van der Waals surface area contributed by atoms with Gasteiger partial charge in [-0.05, 0) is 39.7 Å². The van der Waals surface area contributed by atoms with Gasteiger partial charge in [-0.1, -0.05) is 29.8 Å². The molecule has 0 saturated heterocycles. The van der Waals surface area contributed by atoms with Gasteiger partial charge in [0.25, 0.3) is 0 Å². The zero-order valence-corrected chi connectivity index (χ0v) is 11.2. The third kappa shape index (κ3) is 5.50. The molecule has 0 aliphatic heterocycles. The maximum atomic E-state index is 5.49. The van der Waals surface area contributed by atoms with Gasteiger partial charge in [0, 0.05) is 6.42 Å². The number of rotatable bonds is 3. The Hall–Kier alpha value is -1.35. The normalized spacial score (nSPS) is 12.6. The van der Waals surface area contributed by atoms with Crippen LogP contribution in [0.1, 0.15) is 38.3 Å². The van der Waals surface area contributed by atoms with E-state index in [0.29, 0.717) is 0 Å². The Bertz CT molecular complexity index is 389. The predicted molar refractivity (Wildman–Crippen MR) is 74.0 cm³/mol. The summed E-state index contributed by atoms with van der Waals surface area (Å²) in [7, 11) is 0. The second kappa shape index (κ2) is 5.82. The highest BCUT2D eigenvalue weighted by molar-refractivity contribution is 5.82. The molecule has 0 bridgehead atoms. The fourth-order valence-electron chi connectivity index (χ4n) is 1.70. The summed E-state index contributed by atoms with van der Waals surface area (Å²) in [5.41, 5.74) is 5.22. The highest BCUT2D eigenvalue weighted by Gasteiger charge is 2.09. The molecule has 0 saturated carbocycles. The van der Waals surface area contributed by atoms with E-state index in [1.54, 1.807) is 0 Å². The van der Waals surface area contributed by atoms with Gasteiger partial charge in [-0.2, -0.15) is 0 Å². The van der Waals surface area contributed by atoms with Gasteiger partial charge in [0.05, 0.1) is 5.54 Å². The van der Waals surface area contributed by atoms with Crippen molar-refractivity contribution in [3.05, 3.63) is 35.4 Å². The van der Waals surface area contributed by atoms with Gasteiger partial charge in [0.15, 0.2) is 0 Å². The lowest BCUT2D eigenvalue weighted by atomic mass is 10.1. The van der Waals surface area contributed by atoms with Crippen molar-refractivity contribution in [3.8, 4) is 0 Å². The number of nitrogens with two attached hydrogens (primary N) is 1. The number of hydrazine groups is 1. The SMILES string of the molecule is Cc1cccc(CCC(=NC(C)(C)C)NN)c1. The number of benzene rings is 1. The minimum Gasteiger partial charge on any atom is -0.312 e. The maximum Gasteiger partial charge on any atom is 0.111 e. The molecule has 0 unspecified atom stereocenters. The lowest BCUT2D eigenvalue weighted by Gasteiger charge is -2.15. The molecule has 0 fully saturated rings. The van der Waals surface area contributed by atoms with Crippen molar-refractivity contribution in [1.82, 2.24) is 5.43 Å². The van der Waals surface area contributed by atoms with Crippen molar-refractivity contribution in [2.75, 3.05) is 0 Å². The van der Waals surface area contributed by atoms with E-state index < -0.39 is 0 Å². The molecule has 1 aromatic carbocycles. The molecule has 0 aliphatic rings. The molecule has 0 aromatic heterocycles. The van der Waals surface area contributed by atoms with E-state index in [4.69, 9.17) is 5.84 Å². The number of aliphatic imine (C=N–C) groups is 1. The second-order valence-corrected chi connectivity index (χ2v) is 5.36. The standard InChI is InChI=1S/C14H23N3/c1-11-6-5-7-12(10-11)8-9-13(17-15)16-14(2,3)4/h5-7,10H,8-9,15H2,1-4H3,(H,16,17). The summed E-state index contributed by atoms with van der Waals surface area (Å²) >= 11 is 0. The van der Waals surface area contributed by atoms with Crippen LogP contribution in [0.3, 0.4) is 0 Å². The van der Waals surface area contributed by atoms with Gasteiger partial charge in [-0.25, -0.2) is 5.84 Å². The van der Waals surface area contributed by atoms with Crippen LogP contribution in [0.15, 0.2) is 29.3 Å². The minimum absolute atomic E-state index is 0.0890. The van der Waals surface area contributed by atoms with Crippen molar-refractivity contribution in [1.29, 1.82) is 0 Å². The molecule has 0 heterocycles. The van der Waals surface area contributed by atoms with E-state index in [9.17, 15) is 0 Å². The Morgan fingerprint density at radius 2 is 2.06 bits per heavy atom. The van der Waals surface area contributed by atoms with Crippen LogP contribution in [0.4, 0.5) is 0 Å². The molecule has 1 aromatic rings. The maximum absolute atomic E-state index is 5.49. The van der Waals surface area contributed by atoms with E-state index >= 15 is 0 Å². The van der Waals surface area contributed by atoms with Gasteiger partial charge >= 0.3 is 0 Å². The summed E-state index contributed by atoms with van der Waals surface area (Å²) in [6.07, 6.45) is 1.80. The lowest BCUT2D eigenvalue weighted by molar-refractivity contribution is 0.576. The zero-order chi connectivity index (χ0) is 12.9. The van der Waals surface area contributed by atoms with Crippen LogP contribution in [0.2, 0.25) is 0 Å². The molecule has 0 amide bonds. The lowest BCUT2D eigenvalue weighted by Crippen LogP contribution is -2.33. The summed E-state index contributed by atoms with van der Waals surface area (Å²) in [5, 5.41) is 0. The van der Waals surface area contributed by atoms with Crippen LogP contribution in [0.25, 0.3) is 0 Å². The zero-order valence-electron chi connectivity index (χ0n) is 11.2.